The van der Waals surface area contributed by atoms with Gasteiger partial charge in [-0.05, 0) is 30.7 Å². The molecule has 1 aromatic carbocycles. The van der Waals surface area contributed by atoms with Gasteiger partial charge < -0.3 is 10.2 Å². The highest BCUT2D eigenvalue weighted by molar-refractivity contribution is 5.78. The fourth-order valence-electron chi connectivity index (χ4n) is 2.03. The van der Waals surface area contributed by atoms with E-state index in [0.29, 0.717) is 12.1 Å². The Balaban J connectivity index is 1.99. The topological polar surface area (TPSA) is 32.3 Å². The first-order chi connectivity index (χ1) is 8.66. The molecule has 0 aromatic heterocycles. The third kappa shape index (κ3) is 3.26. The largest absolute Gasteiger partial charge is 0.341 e. The van der Waals surface area contributed by atoms with Crippen molar-refractivity contribution >= 4 is 5.91 Å². The summed E-state index contributed by atoms with van der Waals surface area (Å²) >= 11 is 0. The number of nitrogens with one attached hydrogen (secondary N) is 1. The van der Waals surface area contributed by atoms with Crippen molar-refractivity contribution in [1.82, 2.24) is 10.2 Å². The van der Waals surface area contributed by atoms with Gasteiger partial charge in [0.25, 0.3) is 0 Å². The zero-order chi connectivity index (χ0) is 13.0. The average Bonchev–Trinajstić information content (AvgIpc) is 2.62. The number of carbonyl (C=O) groups is 1. The molecule has 5 heteroatoms. The van der Waals surface area contributed by atoms with Gasteiger partial charge >= 0.3 is 0 Å². The smallest absolute Gasteiger partial charge is 0.227 e. The SMILES string of the molecule is O=C(Cc1ccc(F)c(F)c1)N1CCCNCC1. The van der Waals surface area contributed by atoms with Crippen LogP contribution >= 0.6 is 0 Å². The molecule has 2 rings (SSSR count). The Morgan fingerprint density at radius 1 is 1.22 bits per heavy atom. The molecule has 1 heterocycles. The third-order valence-corrected chi connectivity index (χ3v) is 3.03. The lowest BCUT2D eigenvalue weighted by atomic mass is 10.1. The second-order valence-corrected chi connectivity index (χ2v) is 4.41. The molecule has 1 fully saturated rings. The summed E-state index contributed by atoms with van der Waals surface area (Å²) in [7, 11) is 0. The van der Waals surface area contributed by atoms with Crippen LogP contribution in [-0.2, 0) is 11.2 Å². The van der Waals surface area contributed by atoms with Crippen LogP contribution in [0.3, 0.4) is 0 Å². The number of amides is 1. The summed E-state index contributed by atoms with van der Waals surface area (Å²) in [5.41, 5.74) is 0.510. The van der Waals surface area contributed by atoms with Crippen LogP contribution in [0.2, 0.25) is 0 Å². The van der Waals surface area contributed by atoms with Crippen LogP contribution < -0.4 is 5.32 Å². The molecule has 1 aliphatic heterocycles. The first-order valence-corrected chi connectivity index (χ1v) is 6.09. The Hall–Kier alpha value is -1.49. The number of benzene rings is 1. The van der Waals surface area contributed by atoms with Crippen LogP contribution in [0.4, 0.5) is 8.78 Å². The zero-order valence-corrected chi connectivity index (χ0v) is 10.1. The molecule has 0 spiro atoms. The van der Waals surface area contributed by atoms with E-state index in [-0.39, 0.29) is 12.3 Å². The van der Waals surface area contributed by atoms with Gasteiger partial charge in [0.2, 0.25) is 5.91 Å². The maximum absolute atomic E-state index is 13.0. The van der Waals surface area contributed by atoms with Crippen LogP contribution in [0.5, 0.6) is 0 Å². The van der Waals surface area contributed by atoms with Crippen molar-refractivity contribution < 1.29 is 13.6 Å². The summed E-state index contributed by atoms with van der Waals surface area (Å²) in [5.74, 6) is -1.83. The van der Waals surface area contributed by atoms with Crippen LogP contribution in [0.25, 0.3) is 0 Å². The normalized spacial score (nSPS) is 16.4. The van der Waals surface area contributed by atoms with E-state index in [1.54, 1.807) is 4.90 Å². The van der Waals surface area contributed by atoms with Crippen molar-refractivity contribution in [2.45, 2.75) is 12.8 Å². The fraction of sp³-hybridized carbons (Fsp3) is 0.462. The van der Waals surface area contributed by atoms with E-state index in [9.17, 15) is 13.6 Å². The van der Waals surface area contributed by atoms with Crippen LogP contribution in [0.15, 0.2) is 18.2 Å². The lowest BCUT2D eigenvalue weighted by Crippen LogP contribution is -2.35. The summed E-state index contributed by atoms with van der Waals surface area (Å²) in [4.78, 5) is 13.8. The van der Waals surface area contributed by atoms with E-state index >= 15 is 0 Å². The number of hydrogen-bond donors (Lipinski definition) is 1. The number of rotatable bonds is 2. The van der Waals surface area contributed by atoms with Crippen molar-refractivity contribution in [2.75, 3.05) is 26.2 Å². The monoisotopic (exact) mass is 254 g/mol. The molecule has 1 aromatic rings. The highest BCUT2D eigenvalue weighted by Crippen LogP contribution is 2.10. The van der Waals surface area contributed by atoms with Crippen molar-refractivity contribution in [3.05, 3.63) is 35.4 Å². The minimum absolute atomic E-state index is 0.0373. The number of carbonyl (C=O) groups excluding carboxylic acids is 1. The van der Waals surface area contributed by atoms with E-state index in [0.717, 1.165) is 38.2 Å². The quantitative estimate of drug-likeness (QED) is 0.863. The summed E-state index contributed by atoms with van der Waals surface area (Å²) in [5, 5.41) is 3.21. The molecule has 98 valence electrons. The molecule has 1 aliphatic rings. The molecule has 3 nitrogen and oxygen atoms in total. The molecule has 1 N–H and O–H groups in total. The molecule has 0 aliphatic carbocycles. The second kappa shape index (κ2) is 5.91. The summed E-state index contributed by atoms with van der Waals surface area (Å²) < 4.78 is 25.8. The van der Waals surface area contributed by atoms with Gasteiger partial charge in [0.15, 0.2) is 11.6 Å². The number of halogens is 2. The van der Waals surface area contributed by atoms with Crippen LogP contribution in [0.1, 0.15) is 12.0 Å². The Kier molecular flexibility index (Phi) is 4.25. The molecule has 1 amide bonds. The van der Waals surface area contributed by atoms with Gasteiger partial charge in [-0.3, -0.25) is 4.79 Å². The van der Waals surface area contributed by atoms with E-state index in [1.165, 1.54) is 6.07 Å². The van der Waals surface area contributed by atoms with Gasteiger partial charge in [-0.2, -0.15) is 0 Å². The Bertz CT molecular complexity index is 429. The maximum atomic E-state index is 13.0. The summed E-state index contributed by atoms with van der Waals surface area (Å²) in [6.07, 6.45) is 1.04. The zero-order valence-electron chi connectivity index (χ0n) is 10.1. The lowest BCUT2D eigenvalue weighted by molar-refractivity contribution is -0.130. The number of hydrogen-bond acceptors (Lipinski definition) is 2. The Labute approximate surface area is 105 Å². The van der Waals surface area contributed by atoms with E-state index < -0.39 is 11.6 Å². The molecular formula is C13H16F2N2O. The predicted molar refractivity (Wildman–Crippen MR) is 64.1 cm³/mol. The highest BCUT2D eigenvalue weighted by Gasteiger charge is 2.16. The van der Waals surface area contributed by atoms with Gasteiger partial charge in [0, 0.05) is 19.6 Å². The van der Waals surface area contributed by atoms with Gasteiger partial charge in [-0.1, -0.05) is 6.07 Å². The fourth-order valence-corrected chi connectivity index (χ4v) is 2.03. The van der Waals surface area contributed by atoms with Crippen molar-refractivity contribution in [3.8, 4) is 0 Å². The third-order valence-electron chi connectivity index (χ3n) is 3.03. The lowest BCUT2D eigenvalue weighted by Gasteiger charge is -2.19. The van der Waals surface area contributed by atoms with Crippen molar-refractivity contribution in [2.24, 2.45) is 0 Å². The Morgan fingerprint density at radius 2 is 2.06 bits per heavy atom. The molecule has 0 saturated carbocycles. The first kappa shape index (κ1) is 13.0. The van der Waals surface area contributed by atoms with Crippen molar-refractivity contribution in [3.63, 3.8) is 0 Å². The van der Waals surface area contributed by atoms with Gasteiger partial charge in [0.05, 0.1) is 6.42 Å². The van der Waals surface area contributed by atoms with Gasteiger partial charge in [-0.25, -0.2) is 8.78 Å². The minimum atomic E-state index is -0.905. The number of nitrogens with zero attached hydrogens (tertiary/aromatic N) is 1. The van der Waals surface area contributed by atoms with E-state index in [4.69, 9.17) is 0 Å². The molecular weight excluding hydrogens is 238 g/mol. The van der Waals surface area contributed by atoms with Crippen molar-refractivity contribution in [1.29, 1.82) is 0 Å². The van der Waals surface area contributed by atoms with Crippen LogP contribution in [0, 0.1) is 11.6 Å². The van der Waals surface area contributed by atoms with Crippen LogP contribution in [-0.4, -0.2) is 37.0 Å². The summed E-state index contributed by atoms with van der Waals surface area (Å²) in [6.45, 7) is 3.08. The van der Waals surface area contributed by atoms with E-state index in [1.807, 2.05) is 0 Å². The molecule has 0 atom stereocenters. The van der Waals surface area contributed by atoms with Gasteiger partial charge in [-0.15, -0.1) is 0 Å². The first-order valence-electron chi connectivity index (χ1n) is 6.09. The highest BCUT2D eigenvalue weighted by atomic mass is 19.2. The summed E-state index contributed by atoms with van der Waals surface area (Å²) in [6, 6.07) is 3.59. The minimum Gasteiger partial charge on any atom is -0.341 e. The average molecular weight is 254 g/mol. The van der Waals surface area contributed by atoms with Gasteiger partial charge in [0.1, 0.15) is 0 Å². The standard InChI is InChI=1S/C13H16F2N2O/c14-11-3-2-10(8-12(11)15)9-13(18)17-6-1-4-16-5-7-17/h2-3,8,16H,1,4-7,9H2. The maximum Gasteiger partial charge on any atom is 0.227 e. The molecule has 1 saturated heterocycles. The van der Waals surface area contributed by atoms with E-state index in [2.05, 4.69) is 5.32 Å². The Morgan fingerprint density at radius 3 is 2.83 bits per heavy atom. The molecule has 0 unspecified atom stereocenters. The predicted octanol–water partition coefficient (Wildman–Crippen LogP) is 1.33. The molecule has 18 heavy (non-hydrogen) atoms. The second-order valence-electron chi connectivity index (χ2n) is 4.41. The molecule has 0 bridgehead atoms. The molecule has 0 radical (unpaired) electrons.